The van der Waals surface area contributed by atoms with Crippen LogP contribution in [0.25, 0.3) is 16.9 Å². The van der Waals surface area contributed by atoms with Crippen molar-refractivity contribution in [1.29, 1.82) is 5.26 Å². The highest BCUT2D eigenvalue weighted by Gasteiger charge is 2.10. The van der Waals surface area contributed by atoms with Crippen molar-refractivity contribution in [2.75, 3.05) is 0 Å². The number of aromatic nitrogens is 2. The van der Waals surface area contributed by atoms with Crippen LogP contribution < -0.4 is 5.56 Å². The molecule has 0 fully saturated rings. The van der Waals surface area contributed by atoms with E-state index in [4.69, 9.17) is 0 Å². The van der Waals surface area contributed by atoms with Crippen LogP contribution in [0.5, 0.6) is 0 Å². The molecule has 2 heterocycles. The first-order valence-corrected chi connectivity index (χ1v) is 6.44. The summed E-state index contributed by atoms with van der Waals surface area (Å²) in [7, 11) is 0. The van der Waals surface area contributed by atoms with E-state index >= 15 is 0 Å². The Balaban J connectivity index is 2.23. The predicted molar refractivity (Wildman–Crippen MR) is 80.0 cm³/mol. The second-order valence-electron chi connectivity index (χ2n) is 4.44. The Morgan fingerprint density at radius 1 is 0.952 bits per heavy atom. The van der Waals surface area contributed by atoms with Crippen molar-refractivity contribution in [3.63, 3.8) is 0 Å². The minimum Gasteiger partial charge on any atom is -0.268 e. The van der Waals surface area contributed by atoms with Gasteiger partial charge in [-0.2, -0.15) is 5.26 Å². The smallest absolute Gasteiger partial charge is 0.264 e. The number of nitrogens with zero attached hydrogens (tertiary/aromatic N) is 3. The van der Waals surface area contributed by atoms with Crippen molar-refractivity contribution in [2.24, 2.45) is 0 Å². The van der Waals surface area contributed by atoms with E-state index in [1.165, 1.54) is 4.57 Å². The molecule has 4 heteroatoms. The second-order valence-corrected chi connectivity index (χ2v) is 4.44. The summed E-state index contributed by atoms with van der Waals surface area (Å²) < 4.78 is 1.48. The minimum absolute atomic E-state index is 0.195. The molecule has 0 amide bonds. The molecule has 0 atom stereocenters. The van der Waals surface area contributed by atoms with Crippen molar-refractivity contribution < 1.29 is 0 Å². The summed E-state index contributed by atoms with van der Waals surface area (Å²) in [6.07, 6.45) is 3.31. The van der Waals surface area contributed by atoms with Gasteiger partial charge in [-0.05, 0) is 30.3 Å². The molecule has 0 saturated heterocycles. The quantitative estimate of drug-likeness (QED) is 0.721. The average molecular weight is 273 g/mol. The lowest BCUT2D eigenvalue weighted by atomic mass is 10.0. The molecule has 0 unspecified atom stereocenters. The summed E-state index contributed by atoms with van der Waals surface area (Å²) in [6.45, 7) is 0. The molecule has 0 aliphatic rings. The van der Waals surface area contributed by atoms with Crippen LogP contribution in [0.2, 0.25) is 0 Å². The maximum Gasteiger partial charge on any atom is 0.264 e. The molecule has 3 aromatic rings. The van der Waals surface area contributed by atoms with Gasteiger partial charge in [-0.15, -0.1) is 0 Å². The highest BCUT2D eigenvalue weighted by Crippen LogP contribution is 2.20. The zero-order chi connectivity index (χ0) is 14.7. The van der Waals surface area contributed by atoms with E-state index in [1.807, 2.05) is 12.1 Å². The van der Waals surface area contributed by atoms with E-state index in [9.17, 15) is 10.1 Å². The predicted octanol–water partition coefficient (Wildman–Crippen LogP) is 2.77. The van der Waals surface area contributed by atoms with Gasteiger partial charge in [0.1, 0.15) is 5.82 Å². The maximum atomic E-state index is 12.7. The third kappa shape index (κ3) is 2.33. The number of hydrogen-bond donors (Lipinski definition) is 0. The Hall–Kier alpha value is -3.19. The number of benzene rings is 1. The molecular weight excluding hydrogens is 262 g/mol. The van der Waals surface area contributed by atoms with Gasteiger partial charge in [-0.25, -0.2) is 4.98 Å². The maximum absolute atomic E-state index is 12.7. The van der Waals surface area contributed by atoms with Crippen molar-refractivity contribution in [2.45, 2.75) is 0 Å². The van der Waals surface area contributed by atoms with Crippen molar-refractivity contribution >= 4 is 0 Å². The largest absolute Gasteiger partial charge is 0.268 e. The first-order valence-electron chi connectivity index (χ1n) is 6.44. The van der Waals surface area contributed by atoms with Crippen molar-refractivity contribution in [1.82, 2.24) is 9.55 Å². The van der Waals surface area contributed by atoms with Gasteiger partial charge < -0.3 is 0 Å². The Morgan fingerprint density at radius 3 is 2.48 bits per heavy atom. The van der Waals surface area contributed by atoms with Crippen LogP contribution >= 0.6 is 0 Å². The molecule has 21 heavy (non-hydrogen) atoms. The molecule has 0 saturated carbocycles. The van der Waals surface area contributed by atoms with Gasteiger partial charge in [-0.3, -0.25) is 9.36 Å². The number of hydrogen-bond acceptors (Lipinski definition) is 3. The van der Waals surface area contributed by atoms with Crippen molar-refractivity contribution in [3.05, 3.63) is 82.9 Å². The zero-order valence-corrected chi connectivity index (χ0v) is 11.1. The molecule has 0 bridgehead atoms. The normalized spacial score (nSPS) is 10.0. The SMILES string of the molecule is N#Cc1ccccc1-c1cccn(-c2ccccn2)c1=O. The van der Waals surface area contributed by atoms with Gasteiger partial charge >= 0.3 is 0 Å². The van der Waals surface area contributed by atoms with Gasteiger partial charge in [0.15, 0.2) is 0 Å². The van der Waals surface area contributed by atoms with Crippen LogP contribution in [0.15, 0.2) is 71.8 Å². The fraction of sp³-hybridized carbons (Fsp3) is 0. The number of rotatable bonds is 2. The first kappa shape index (κ1) is 12.8. The average Bonchev–Trinajstić information content (AvgIpc) is 2.56. The van der Waals surface area contributed by atoms with Crippen LogP contribution in [-0.4, -0.2) is 9.55 Å². The van der Waals surface area contributed by atoms with Gasteiger partial charge in [0.05, 0.1) is 11.6 Å². The molecule has 0 N–H and O–H groups in total. The Labute approximate surface area is 121 Å². The topological polar surface area (TPSA) is 58.7 Å². The molecule has 0 spiro atoms. The fourth-order valence-corrected chi connectivity index (χ4v) is 2.19. The van der Waals surface area contributed by atoms with E-state index in [0.717, 1.165) is 0 Å². The highest BCUT2D eigenvalue weighted by atomic mass is 16.1. The second kappa shape index (κ2) is 5.43. The molecule has 0 aliphatic carbocycles. The molecule has 0 radical (unpaired) electrons. The lowest BCUT2D eigenvalue weighted by molar-refractivity contribution is 0.943. The number of nitriles is 1. The summed E-state index contributed by atoms with van der Waals surface area (Å²) in [5, 5.41) is 9.19. The van der Waals surface area contributed by atoms with Gasteiger partial charge in [0.2, 0.25) is 0 Å². The molecule has 2 aromatic heterocycles. The lowest BCUT2D eigenvalue weighted by Crippen LogP contribution is -2.20. The summed E-state index contributed by atoms with van der Waals surface area (Å²) in [5.41, 5.74) is 1.41. The molecule has 0 aliphatic heterocycles. The van der Waals surface area contributed by atoms with Gasteiger partial charge in [0.25, 0.3) is 5.56 Å². The zero-order valence-electron chi connectivity index (χ0n) is 11.1. The van der Waals surface area contributed by atoms with E-state index < -0.39 is 0 Å². The highest BCUT2D eigenvalue weighted by molar-refractivity contribution is 5.69. The van der Waals surface area contributed by atoms with E-state index in [2.05, 4.69) is 11.1 Å². The van der Waals surface area contributed by atoms with E-state index in [1.54, 1.807) is 54.9 Å². The molecule has 1 aromatic carbocycles. The van der Waals surface area contributed by atoms with Gasteiger partial charge in [0, 0.05) is 23.5 Å². The van der Waals surface area contributed by atoms with Gasteiger partial charge in [-0.1, -0.05) is 24.3 Å². The first-order chi connectivity index (χ1) is 10.3. The summed E-state index contributed by atoms with van der Waals surface area (Å²) in [6, 6.07) is 18.1. The summed E-state index contributed by atoms with van der Waals surface area (Å²) in [4.78, 5) is 16.8. The standard InChI is InChI=1S/C17H11N3O/c18-12-13-6-1-2-7-14(13)15-8-5-11-20(17(15)21)16-9-3-4-10-19-16/h1-11H. The lowest BCUT2D eigenvalue weighted by Gasteiger charge is -2.08. The molecular formula is C17H11N3O. The fourth-order valence-electron chi connectivity index (χ4n) is 2.19. The number of pyridine rings is 2. The summed E-state index contributed by atoms with van der Waals surface area (Å²) in [5.74, 6) is 0.554. The third-order valence-corrected chi connectivity index (χ3v) is 3.18. The van der Waals surface area contributed by atoms with Crippen LogP contribution in [0.1, 0.15) is 5.56 Å². The minimum atomic E-state index is -0.195. The molecule has 4 nitrogen and oxygen atoms in total. The Morgan fingerprint density at radius 2 is 1.71 bits per heavy atom. The summed E-state index contributed by atoms with van der Waals surface area (Å²) >= 11 is 0. The third-order valence-electron chi connectivity index (χ3n) is 3.18. The monoisotopic (exact) mass is 273 g/mol. The van der Waals surface area contributed by atoms with E-state index in [0.29, 0.717) is 22.5 Å². The van der Waals surface area contributed by atoms with E-state index in [-0.39, 0.29) is 5.56 Å². The molecule has 100 valence electrons. The van der Waals surface area contributed by atoms with Crippen LogP contribution in [-0.2, 0) is 0 Å². The van der Waals surface area contributed by atoms with Crippen LogP contribution in [0.4, 0.5) is 0 Å². The van der Waals surface area contributed by atoms with Crippen LogP contribution in [0, 0.1) is 11.3 Å². The van der Waals surface area contributed by atoms with Crippen molar-refractivity contribution in [3.8, 4) is 23.0 Å². The Bertz CT molecular complexity index is 876. The molecule has 3 rings (SSSR count). The Kier molecular flexibility index (Phi) is 3.32. The van der Waals surface area contributed by atoms with Crippen LogP contribution in [0.3, 0.4) is 0 Å².